The van der Waals surface area contributed by atoms with E-state index >= 15 is 0 Å². The largest absolute Gasteiger partial charge is 0.365 e. The Kier molecular flexibility index (Phi) is 3.54. The van der Waals surface area contributed by atoms with Crippen LogP contribution in [-0.4, -0.2) is 25.6 Å². The van der Waals surface area contributed by atoms with Crippen LogP contribution < -0.4 is 10.9 Å². The molecule has 0 saturated heterocycles. The highest BCUT2D eigenvalue weighted by Crippen LogP contribution is 2.18. The molecule has 106 valence electrons. The molecule has 3 heterocycles. The topological polar surface area (TPSA) is 64.7 Å². The third-order valence-corrected chi connectivity index (χ3v) is 3.85. The maximum Gasteiger partial charge on any atom is 0.293 e. The minimum absolute atomic E-state index is 0.0471. The number of imidazole rings is 1. The van der Waals surface area contributed by atoms with Crippen LogP contribution in [0.4, 0.5) is 5.82 Å². The van der Waals surface area contributed by atoms with Gasteiger partial charge >= 0.3 is 0 Å². The zero-order chi connectivity index (χ0) is 13.9. The molecule has 2 aromatic heterocycles. The SMILES string of the molecule is CCn1ccnc(NC[C@@H]2CCc3nccn3C2)c1=O. The van der Waals surface area contributed by atoms with Crippen molar-refractivity contribution >= 4 is 5.82 Å². The number of aryl methyl sites for hydroxylation is 2. The third-order valence-electron chi connectivity index (χ3n) is 3.85. The van der Waals surface area contributed by atoms with Crippen molar-refractivity contribution in [1.82, 2.24) is 19.1 Å². The first kappa shape index (κ1) is 12.9. The molecular formula is C14H19N5O. The average Bonchev–Trinajstić information content (AvgIpc) is 2.93. The van der Waals surface area contributed by atoms with Gasteiger partial charge in [0.05, 0.1) is 0 Å². The third kappa shape index (κ3) is 2.45. The first-order valence-electron chi connectivity index (χ1n) is 7.07. The number of aromatic nitrogens is 4. The Balaban J connectivity index is 1.65. The molecule has 0 bridgehead atoms. The molecule has 3 rings (SSSR count). The average molecular weight is 273 g/mol. The van der Waals surface area contributed by atoms with Crippen molar-refractivity contribution in [2.24, 2.45) is 5.92 Å². The van der Waals surface area contributed by atoms with Gasteiger partial charge in [0, 0.05) is 50.8 Å². The van der Waals surface area contributed by atoms with Crippen molar-refractivity contribution in [3.05, 3.63) is 41.0 Å². The van der Waals surface area contributed by atoms with Gasteiger partial charge in [-0.05, 0) is 19.3 Å². The Hall–Kier alpha value is -2.11. The molecule has 0 fully saturated rings. The second kappa shape index (κ2) is 5.48. The van der Waals surface area contributed by atoms with Crippen molar-refractivity contribution < 1.29 is 0 Å². The molecule has 20 heavy (non-hydrogen) atoms. The zero-order valence-corrected chi connectivity index (χ0v) is 11.6. The standard InChI is InChI=1S/C14H19N5O/c1-2-18-7-6-16-13(14(18)20)17-9-11-3-4-12-15-5-8-19(12)10-11/h5-8,11H,2-4,9-10H2,1H3,(H,16,17)/t11-/m0/s1. The van der Waals surface area contributed by atoms with Gasteiger partial charge in [0.2, 0.25) is 0 Å². The molecule has 0 aliphatic carbocycles. The lowest BCUT2D eigenvalue weighted by Gasteiger charge is -2.24. The fraction of sp³-hybridized carbons (Fsp3) is 0.500. The molecule has 6 nitrogen and oxygen atoms in total. The Morgan fingerprint density at radius 2 is 2.20 bits per heavy atom. The van der Waals surface area contributed by atoms with E-state index in [-0.39, 0.29) is 5.56 Å². The number of fused-ring (bicyclic) bond motifs is 1. The Labute approximate surface area is 117 Å². The van der Waals surface area contributed by atoms with Gasteiger partial charge in [0.25, 0.3) is 5.56 Å². The van der Waals surface area contributed by atoms with Crippen LogP contribution in [0.2, 0.25) is 0 Å². The Morgan fingerprint density at radius 1 is 1.35 bits per heavy atom. The van der Waals surface area contributed by atoms with E-state index < -0.39 is 0 Å². The lowest BCUT2D eigenvalue weighted by Crippen LogP contribution is -2.29. The zero-order valence-electron chi connectivity index (χ0n) is 11.6. The molecule has 0 radical (unpaired) electrons. The number of hydrogen-bond acceptors (Lipinski definition) is 4. The minimum atomic E-state index is -0.0471. The number of nitrogens with one attached hydrogen (secondary N) is 1. The van der Waals surface area contributed by atoms with Gasteiger partial charge in [-0.25, -0.2) is 9.97 Å². The molecular weight excluding hydrogens is 254 g/mol. The van der Waals surface area contributed by atoms with Gasteiger partial charge in [-0.2, -0.15) is 0 Å². The normalized spacial score (nSPS) is 17.8. The van der Waals surface area contributed by atoms with E-state index in [1.165, 1.54) is 0 Å². The van der Waals surface area contributed by atoms with Crippen LogP contribution in [0, 0.1) is 5.92 Å². The van der Waals surface area contributed by atoms with Gasteiger partial charge in [-0.3, -0.25) is 4.79 Å². The predicted octanol–water partition coefficient (Wildman–Crippen LogP) is 1.13. The van der Waals surface area contributed by atoms with Crippen LogP contribution in [0.5, 0.6) is 0 Å². The number of rotatable bonds is 4. The maximum atomic E-state index is 12.1. The van der Waals surface area contributed by atoms with Crippen molar-refractivity contribution in [3.63, 3.8) is 0 Å². The summed E-state index contributed by atoms with van der Waals surface area (Å²) in [7, 11) is 0. The molecule has 0 saturated carbocycles. The van der Waals surface area contributed by atoms with Crippen LogP contribution in [0.1, 0.15) is 19.2 Å². The second-order valence-corrected chi connectivity index (χ2v) is 5.15. The predicted molar refractivity (Wildman–Crippen MR) is 76.7 cm³/mol. The fourth-order valence-corrected chi connectivity index (χ4v) is 2.66. The summed E-state index contributed by atoms with van der Waals surface area (Å²) < 4.78 is 3.85. The summed E-state index contributed by atoms with van der Waals surface area (Å²) in [5.74, 6) is 2.12. The van der Waals surface area contributed by atoms with E-state index in [1.807, 2.05) is 19.3 Å². The highest BCUT2D eigenvalue weighted by Gasteiger charge is 2.19. The number of nitrogens with zero attached hydrogens (tertiary/aromatic N) is 4. The fourth-order valence-electron chi connectivity index (χ4n) is 2.66. The molecule has 1 aliphatic rings. The molecule has 1 aliphatic heterocycles. The molecule has 0 unspecified atom stereocenters. The van der Waals surface area contributed by atoms with Gasteiger partial charge < -0.3 is 14.5 Å². The molecule has 0 aromatic carbocycles. The molecule has 6 heteroatoms. The van der Waals surface area contributed by atoms with Crippen LogP contribution in [0.15, 0.2) is 29.6 Å². The lowest BCUT2D eigenvalue weighted by molar-refractivity contribution is 0.381. The summed E-state index contributed by atoms with van der Waals surface area (Å²) in [4.78, 5) is 20.5. The van der Waals surface area contributed by atoms with E-state index in [4.69, 9.17) is 0 Å². The van der Waals surface area contributed by atoms with E-state index in [9.17, 15) is 4.79 Å². The van der Waals surface area contributed by atoms with E-state index in [0.29, 0.717) is 18.3 Å². The van der Waals surface area contributed by atoms with E-state index in [2.05, 4.69) is 19.9 Å². The summed E-state index contributed by atoms with van der Waals surface area (Å²) >= 11 is 0. The van der Waals surface area contributed by atoms with E-state index in [1.54, 1.807) is 17.0 Å². The Bertz CT molecular complexity index is 645. The van der Waals surface area contributed by atoms with Gasteiger partial charge in [0.1, 0.15) is 5.82 Å². The highest BCUT2D eigenvalue weighted by molar-refractivity contribution is 5.30. The van der Waals surface area contributed by atoms with Gasteiger partial charge in [-0.1, -0.05) is 0 Å². The van der Waals surface area contributed by atoms with Crippen molar-refractivity contribution in [2.45, 2.75) is 32.9 Å². The van der Waals surface area contributed by atoms with E-state index in [0.717, 1.165) is 31.8 Å². The molecule has 1 atom stereocenters. The van der Waals surface area contributed by atoms with Crippen LogP contribution in [0.25, 0.3) is 0 Å². The van der Waals surface area contributed by atoms with Crippen molar-refractivity contribution in [3.8, 4) is 0 Å². The first-order chi connectivity index (χ1) is 9.78. The Morgan fingerprint density at radius 3 is 3.05 bits per heavy atom. The quantitative estimate of drug-likeness (QED) is 0.907. The molecule has 2 aromatic rings. The van der Waals surface area contributed by atoms with Crippen LogP contribution >= 0.6 is 0 Å². The number of hydrogen-bond donors (Lipinski definition) is 1. The van der Waals surface area contributed by atoms with Crippen molar-refractivity contribution in [1.29, 1.82) is 0 Å². The summed E-state index contributed by atoms with van der Waals surface area (Å²) in [6.07, 6.45) is 9.35. The second-order valence-electron chi connectivity index (χ2n) is 5.15. The van der Waals surface area contributed by atoms with Crippen LogP contribution in [-0.2, 0) is 19.5 Å². The molecule has 0 spiro atoms. The lowest BCUT2D eigenvalue weighted by atomic mass is 9.99. The molecule has 1 N–H and O–H groups in total. The van der Waals surface area contributed by atoms with Crippen molar-refractivity contribution in [2.75, 3.05) is 11.9 Å². The first-order valence-corrected chi connectivity index (χ1v) is 7.07. The van der Waals surface area contributed by atoms with Gasteiger partial charge in [-0.15, -0.1) is 0 Å². The molecule has 0 amide bonds. The highest BCUT2D eigenvalue weighted by atomic mass is 16.1. The maximum absolute atomic E-state index is 12.1. The smallest absolute Gasteiger partial charge is 0.293 e. The summed E-state index contributed by atoms with van der Waals surface area (Å²) in [6, 6.07) is 0. The summed E-state index contributed by atoms with van der Waals surface area (Å²) in [6.45, 7) is 4.34. The summed E-state index contributed by atoms with van der Waals surface area (Å²) in [5.41, 5.74) is -0.0471. The number of anilines is 1. The minimum Gasteiger partial charge on any atom is -0.365 e. The summed E-state index contributed by atoms with van der Waals surface area (Å²) in [5, 5.41) is 3.20. The monoisotopic (exact) mass is 273 g/mol. The van der Waals surface area contributed by atoms with Crippen LogP contribution in [0.3, 0.4) is 0 Å². The van der Waals surface area contributed by atoms with Gasteiger partial charge in [0.15, 0.2) is 5.82 Å².